The lowest BCUT2D eigenvalue weighted by Gasteiger charge is -2.09. The van der Waals surface area contributed by atoms with Gasteiger partial charge >= 0.3 is 0 Å². The SMILES string of the molecule is Oc1ccc(COc2cccc3ccccc23)cc1. The van der Waals surface area contributed by atoms with E-state index >= 15 is 0 Å². The zero-order valence-electron chi connectivity index (χ0n) is 10.4. The van der Waals surface area contributed by atoms with Crippen LogP contribution < -0.4 is 4.74 Å². The highest BCUT2D eigenvalue weighted by atomic mass is 16.5. The summed E-state index contributed by atoms with van der Waals surface area (Å²) in [7, 11) is 0. The summed E-state index contributed by atoms with van der Waals surface area (Å²) < 4.78 is 5.86. The lowest BCUT2D eigenvalue weighted by atomic mass is 10.1. The van der Waals surface area contributed by atoms with Gasteiger partial charge in [0.1, 0.15) is 18.1 Å². The summed E-state index contributed by atoms with van der Waals surface area (Å²) in [5.41, 5.74) is 1.03. The summed E-state index contributed by atoms with van der Waals surface area (Å²) in [5.74, 6) is 1.15. The molecule has 0 saturated heterocycles. The van der Waals surface area contributed by atoms with Gasteiger partial charge in [0.05, 0.1) is 0 Å². The van der Waals surface area contributed by atoms with Gasteiger partial charge in [0.25, 0.3) is 0 Å². The molecule has 3 aromatic rings. The van der Waals surface area contributed by atoms with Crippen LogP contribution in [-0.4, -0.2) is 5.11 Å². The van der Waals surface area contributed by atoms with Gasteiger partial charge in [0.2, 0.25) is 0 Å². The van der Waals surface area contributed by atoms with Crippen molar-refractivity contribution in [1.82, 2.24) is 0 Å². The van der Waals surface area contributed by atoms with Gasteiger partial charge in [-0.25, -0.2) is 0 Å². The molecule has 0 atom stereocenters. The molecule has 3 aromatic carbocycles. The van der Waals surface area contributed by atoms with Gasteiger partial charge < -0.3 is 9.84 Å². The number of ether oxygens (including phenoxy) is 1. The number of phenolic OH excluding ortho intramolecular Hbond substituents is 1. The zero-order chi connectivity index (χ0) is 13.1. The van der Waals surface area contributed by atoms with Crippen molar-refractivity contribution >= 4 is 10.8 Å². The van der Waals surface area contributed by atoms with E-state index in [1.54, 1.807) is 12.1 Å². The van der Waals surface area contributed by atoms with Gasteiger partial charge in [0.15, 0.2) is 0 Å². The molecule has 0 aromatic heterocycles. The molecule has 0 amide bonds. The fraction of sp³-hybridized carbons (Fsp3) is 0.0588. The number of aromatic hydroxyl groups is 1. The molecular weight excluding hydrogens is 236 g/mol. The Hall–Kier alpha value is -2.48. The van der Waals surface area contributed by atoms with Gasteiger partial charge in [-0.3, -0.25) is 0 Å². The van der Waals surface area contributed by atoms with E-state index in [-0.39, 0.29) is 5.75 Å². The van der Waals surface area contributed by atoms with Crippen molar-refractivity contribution < 1.29 is 9.84 Å². The first-order valence-corrected chi connectivity index (χ1v) is 6.21. The van der Waals surface area contributed by atoms with Crippen LogP contribution >= 0.6 is 0 Å². The number of benzene rings is 3. The topological polar surface area (TPSA) is 29.5 Å². The molecule has 0 bridgehead atoms. The van der Waals surface area contributed by atoms with Crippen LogP contribution in [0.4, 0.5) is 0 Å². The monoisotopic (exact) mass is 250 g/mol. The standard InChI is InChI=1S/C17H14O2/c18-15-10-8-13(9-11-15)12-19-17-7-3-5-14-4-1-2-6-16(14)17/h1-11,18H,12H2. The molecule has 94 valence electrons. The van der Waals surface area contributed by atoms with Crippen LogP contribution in [0.3, 0.4) is 0 Å². The Kier molecular flexibility index (Phi) is 3.07. The Morgan fingerprint density at radius 3 is 2.37 bits per heavy atom. The van der Waals surface area contributed by atoms with E-state index in [0.717, 1.165) is 16.7 Å². The molecule has 0 aliphatic rings. The minimum atomic E-state index is 0.272. The minimum Gasteiger partial charge on any atom is -0.508 e. The Bertz CT molecular complexity index is 682. The molecule has 0 radical (unpaired) electrons. The van der Waals surface area contributed by atoms with Crippen molar-refractivity contribution in [3.8, 4) is 11.5 Å². The molecule has 2 nitrogen and oxygen atoms in total. The largest absolute Gasteiger partial charge is 0.508 e. The van der Waals surface area contributed by atoms with Crippen molar-refractivity contribution in [1.29, 1.82) is 0 Å². The average Bonchev–Trinajstić information content (AvgIpc) is 2.47. The quantitative estimate of drug-likeness (QED) is 0.757. The summed E-state index contributed by atoms with van der Waals surface area (Å²) in [6, 6.07) is 21.3. The lowest BCUT2D eigenvalue weighted by molar-refractivity contribution is 0.310. The van der Waals surface area contributed by atoms with Crippen LogP contribution in [0.15, 0.2) is 66.7 Å². The van der Waals surface area contributed by atoms with Crippen LogP contribution in [0.2, 0.25) is 0 Å². The molecule has 0 unspecified atom stereocenters. The first-order valence-electron chi connectivity index (χ1n) is 6.21. The molecule has 0 aliphatic carbocycles. The molecule has 0 fully saturated rings. The molecule has 3 rings (SSSR count). The Balaban J connectivity index is 1.84. The molecule has 0 spiro atoms. The van der Waals surface area contributed by atoms with E-state index in [4.69, 9.17) is 4.74 Å². The fourth-order valence-electron chi connectivity index (χ4n) is 2.07. The number of rotatable bonds is 3. The summed E-state index contributed by atoms with van der Waals surface area (Å²) in [5, 5.41) is 11.5. The third kappa shape index (κ3) is 2.52. The molecule has 0 aliphatic heterocycles. The molecular formula is C17H14O2. The van der Waals surface area contributed by atoms with Crippen LogP contribution in [0.1, 0.15) is 5.56 Å². The first-order chi connectivity index (χ1) is 9.33. The smallest absolute Gasteiger partial charge is 0.127 e. The highest BCUT2D eigenvalue weighted by Crippen LogP contribution is 2.26. The van der Waals surface area contributed by atoms with Crippen molar-refractivity contribution in [2.24, 2.45) is 0 Å². The summed E-state index contributed by atoms with van der Waals surface area (Å²) in [6.07, 6.45) is 0. The number of phenols is 1. The normalized spacial score (nSPS) is 10.5. The molecule has 0 saturated carbocycles. The van der Waals surface area contributed by atoms with Crippen molar-refractivity contribution in [2.45, 2.75) is 6.61 Å². The summed E-state index contributed by atoms with van der Waals surface area (Å²) >= 11 is 0. The van der Waals surface area contributed by atoms with Crippen LogP contribution in [0.5, 0.6) is 11.5 Å². The maximum absolute atomic E-state index is 9.24. The van der Waals surface area contributed by atoms with Crippen LogP contribution in [0, 0.1) is 0 Å². The second kappa shape index (κ2) is 5.02. The number of hydrogen-bond donors (Lipinski definition) is 1. The summed E-state index contributed by atoms with van der Waals surface area (Å²) in [6.45, 7) is 0.494. The third-order valence-electron chi connectivity index (χ3n) is 3.08. The second-order valence-corrected chi connectivity index (χ2v) is 4.43. The number of fused-ring (bicyclic) bond motifs is 1. The average molecular weight is 250 g/mol. The maximum Gasteiger partial charge on any atom is 0.127 e. The Labute approximate surface area is 111 Å². The number of hydrogen-bond acceptors (Lipinski definition) is 2. The second-order valence-electron chi connectivity index (χ2n) is 4.43. The Morgan fingerprint density at radius 2 is 1.53 bits per heavy atom. The third-order valence-corrected chi connectivity index (χ3v) is 3.08. The van der Waals surface area contributed by atoms with Crippen molar-refractivity contribution in [2.75, 3.05) is 0 Å². The predicted octanol–water partition coefficient (Wildman–Crippen LogP) is 4.12. The minimum absolute atomic E-state index is 0.272. The van der Waals surface area contributed by atoms with Crippen molar-refractivity contribution in [3.05, 3.63) is 72.3 Å². The van der Waals surface area contributed by atoms with E-state index < -0.39 is 0 Å². The van der Waals surface area contributed by atoms with Gasteiger partial charge in [-0.2, -0.15) is 0 Å². The van der Waals surface area contributed by atoms with Gasteiger partial charge in [-0.1, -0.05) is 48.5 Å². The van der Waals surface area contributed by atoms with Crippen molar-refractivity contribution in [3.63, 3.8) is 0 Å². The summed E-state index contributed by atoms with van der Waals surface area (Å²) in [4.78, 5) is 0. The molecule has 0 heterocycles. The van der Waals surface area contributed by atoms with Gasteiger partial charge in [0, 0.05) is 5.39 Å². The van der Waals surface area contributed by atoms with Gasteiger partial charge in [-0.15, -0.1) is 0 Å². The van der Waals surface area contributed by atoms with E-state index in [2.05, 4.69) is 18.2 Å². The Morgan fingerprint density at radius 1 is 0.789 bits per heavy atom. The van der Waals surface area contributed by atoms with Crippen LogP contribution in [0.25, 0.3) is 10.8 Å². The van der Waals surface area contributed by atoms with Gasteiger partial charge in [-0.05, 0) is 29.1 Å². The first kappa shape index (κ1) is 11.6. The van der Waals surface area contributed by atoms with E-state index in [9.17, 15) is 5.11 Å². The molecule has 1 N–H and O–H groups in total. The van der Waals surface area contributed by atoms with E-state index in [1.807, 2.05) is 36.4 Å². The zero-order valence-corrected chi connectivity index (χ0v) is 10.4. The fourth-order valence-corrected chi connectivity index (χ4v) is 2.07. The lowest BCUT2D eigenvalue weighted by Crippen LogP contribution is -1.95. The highest BCUT2D eigenvalue weighted by molar-refractivity contribution is 5.88. The van der Waals surface area contributed by atoms with E-state index in [1.165, 1.54) is 5.39 Å². The maximum atomic E-state index is 9.24. The predicted molar refractivity (Wildman–Crippen MR) is 76.4 cm³/mol. The molecule has 2 heteroatoms. The van der Waals surface area contributed by atoms with E-state index in [0.29, 0.717) is 6.61 Å². The highest BCUT2D eigenvalue weighted by Gasteiger charge is 2.01. The molecule has 19 heavy (non-hydrogen) atoms. The van der Waals surface area contributed by atoms with Crippen LogP contribution in [-0.2, 0) is 6.61 Å².